The molecule has 2 atom stereocenters. The van der Waals surface area contributed by atoms with Crippen molar-refractivity contribution >= 4 is 28.3 Å². The lowest BCUT2D eigenvalue weighted by molar-refractivity contribution is -0.137. The predicted octanol–water partition coefficient (Wildman–Crippen LogP) is 1.78. The van der Waals surface area contributed by atoms with Crippen molar-refractivity contribution in [3.8, 4) is 0 Å². The molecule has 6 heteroatoms. The first kappa shape index (κ1) is 13.0. The molecule has 0 radical (unpaired) electrons. The maximum Gasteiger partial charge on any atom is 0.315 e. The minimum Gasteiger partial charge on any atom is -0.345 e. The van der Waals surface area contributed by atoms with E-state index >= 15 is 0 Å². The Morgan fingerprint density at radius 3 is 2.78 bits per heavy atom. The van der Waals surface area contributed by atoms with Crippen LogP contribution in [0.25, 0.3) is 0 Å². The summed E-state index contributed by atoms with van der Waals surface area (Å²) in [5, 5.41) is 7.49. The van der Waals surface area contributed by atoms with Crippen molar-refractivity contribution in [1.29, 1.82) is 0 Å². The van der Waals surface area contributed by atoms with Gasteiger partial charge in [0.25, 0.3) is 0 Å². The zero-order chi connectivity index (χ0) is 13.0. The summed E-state index contributed by atoms with van der Waals surface area (Å²) < 4.78 is 0. The van der Waals surface area contributed by atoms with Crippen LogP contribution in [0.4, 0.5) is 5.13 Å². The molecule has 1 aromatic heterocycles. The Balaban J connectivity index is 1.85. The molecule has 98 valence electrons. The summed E-state index contributed by atoms with van der Waals surface area (Å²) in [6.07, 6.45) is 5.97. The summed E-state index contributed by atoms with van der Waals surface area (Å²) in [4.78, 5) is 27.3. The molecule has 1 saturated carbocycles. The number of carbonyl (C=O) groups is 2. The van der Waals surface area contributed by atoms with Gasteiger partial charge in [-0.2, -0.15) is 0 Å². The average Bonchev–Trinajstić information content (AvgIpc) is 2.84. The van der Waals surface area contributed by atoms with E-state index in [4.69, 9.17) is 0 Å². The van der Waals surface area contributed by atoms with E-state index in [0.717, 1.165) is 19.3 Å². The van der Waals surface area contributed by atoms with Crippen LogP contribution in [0.1, 0.15) is 32.6 Å². The third-order valence-electron chi connectivity index (χ3n) is 3.29. The van der Waals surface area contributed by atoms with Crippen LogP contribution >= 0.6 is 11.3 Å². The number of nitrogens with zero attached hydrogens (tertiary/aromatic N) is 1. The number of anilines is 1. The van der Waals surface area contributed by atoms with Crippen LogP contribution in [0.3, 0.4) is 0 Å². The Morgan fingerprint density at radius 2 is 2.11 bits per heavy atom. The molecule has 18 heavy (non-hydrogen) atoms. The highest BCUT2D eigenvalue weighted by molar-refractivity contribution is 7.13. The number of aromatic nitrogens is 1. The van der Waals surface area contributed by atoms with Crippen molar-refractivity contribution in [3.05, 3.63) is 11.6 Å². The fourth-order valence-corrected chi connectivity index (χ4v) is 2.73. The molecule has 2 N–H and O–H groups in total. The van der Waals surface area contributed by atoms with Crippen molar-refractivity contribution in [2.24, 2.45) is 5.92 Å². The number of nitrogens with one attached hydrogen (secondary N) is 2. The molecule has 0 spiro atoms. The lowest BCUT2D eigenvalue weighted by Crippen LogP contribution is -2.45. The molecule has 1 fully saturated rings. The van der Waals surface area contributed by atoms with Crippen LogP contribution in [-0.2, 0) is 9.59 Å². The van der Waals surface area contributed by atoms with Crippen molar-refractivity contribution in [2.45, 2.75) is 38.6 Å². The standard InChI is InChI=1S/C12H17N3O2S/c1-8-4-2-3-5-9(8)14-10(16)11(17)15-12-13-6-7-18-12/h6-9H,2-5H2,1H3,(H,14,16)(H,13,15,17)/t8-,9-/m1/s1. The van der Waals surface area contributed by atoms with E-state index in [1.807, 2.05) is 0 Å². The van der Waals surface area contributed by atoms with Crippen LogP contribution < -0.4 is 10.6 Å². The van der Waals surface area contributed by atoms with Gasteiger partial charge in [-0.15, -0.1) is 11.3 Å². The van der Waals surface area contributed by atoms with Crippen LogP contribution in [0, 0.1) is 5.92 Å². The Bertz CT molecular complexity index is 419. The summed E-state index contributed by atoms with van der Waals surface area (Å²) in [5.74, 6) is -0.762. The summed E-state index contributed by atoms with van der Waals surface area (Å²) in [7, 11) is 0. The summed E-state index contributed by atoms with van der Waals surface area (Å²) >= 11 is 1.29. The molecule has 0 aliphatic heterocycles. The smallest absolute Gasteiger partial charge is 0.315 e. The van der Waals surface area contributed by atoms with Gasteiger partial charge < -0.3 is 5.32 Å². The van der Waals surface area contributed by atoms with E-state index in [2.05, 4.69) is 22.5 Å². The van der Waals surface area contributed by atoms with Gasteiger partial charge in [0.2, 0.25) is 0 Å². The van der Waals surface area contributed by atoms with Gasteiger partial charge in [-0.05, 0) is 18.8 Å². The van der Waals surface area contributed by atoms with Gasteiger partial charge in [0, 0.05) is 17.6 Å². The first-order valence-electron chi connectivity index (χ1n) is 6.18. The zero-order valence-corrected chi connectivity index (χ0v) is 11.1. The molecule has 2 rings (SSSR count). The summed E-state index contributed by atoms with van der Waals surface area (Å²) in [6, 6.07) is 0.119. The van der Waals surface area contributed by atoms with Crippen molar-refractivity contribution in [2.75, 3.05) is 5.32 Å². The molecule has 1 heterocycles. The highest BCUT2D eigenvalue weighted by Crippen LogP contribution is 2.23. The SMILES string of the molecule is C[C@@H]1CCCC[C@H]1NC(=O)C(=O)Nc1nccs1. The van der Waals surface area contributed by atoms with Gasteiger partial charge in [0.15, 0.2) is 5.13 Å². The van der Waals surface area contributed by atoms with Crippen molar-refractivity contribution in [3.63, 3.8) is 0 Å². The second-order valence-corrected chi connectivity index (χ2v) is 5.53. The van der Waals surface area contributed by atoms with E-state index < -0.39 is 11.8 Å². The van der Waals surface area contributed by atoms with E-state index in [1.165, 1.54) is 17.8 Å². The van der Waals surface area contributed by atoms with Gasteiger partial charge >= 0.3 is 11.8 Å². The maximum absolute atomic E-state index is 11.7. The Hall–Kier alpha value is -1.43. The van der Waals surface area contributed by atoms with Gasteiger partial charge in [-0.3, -0.25) is 14.9 Å². The molecule has 5 nitrogen and oxygen atoms in total. The minimum absolute atomic E-state index is 0.119. The summed E-state index contributed by atoms with van der Waals surface area (Å²) in [5.41, 5.74) is 0. The highest BCUT2D eigenvalue weighted by atomic mass is 32.1. The molecule has 0 unspecified atom stereocenters. The molecule has 1 aliphatic carbocycles. The molecular formula is C12H17N3O2S. The second kappa shape index (κ2) is 5.95. The van der Waals surface area contributed by atoms with Crippen molar-refractivity contribution < 1.29 is 9.59 Å². The molecule has 0 saturated heterocycles. The maximum atomic E-state index is 11.7. The van der Waals surface area contributed by atoms with E-state index in [-0.39, 0.29) is 6.04 Å². The summed E-state index contributed by atoms with van der Waals surface area (Å²) in [6.45, 7) is 2.11. The highest BCUT2D eigenvalue weighted by Gasteiger charge is 2.25. The van der Waals surface area contributed by atoms with Gasteiger partial charge in [0.05, 0.1) is 0 Å². The van der Waals surface area contributed by atoms with Gasteiger partial charge in [0.1, 0.15) is 0 Å². The Kier molecular flexibility index (Phi) is 4.30. The van der Waals surface area contributed by atoms with Crippen molar-refractivity contribution in [1.82, 2.24) is 10.3 Å². The normalized spacial score (nSPS) is 23.4. The lowest BCUT2D eigenvalue weighted by atomic mass is 9.86. The monoisotopic (exact) mass is 267 g/mol. The Labute approximate surface area is 110 Å². The van der Waals surface area contributed by atoms with Crippen LogP contribution in [0.5, 0.6) is 0 Å². The number of rotatable bonds is 2. The molecular weight excluding hydrogens is 250 g/mol. The number of hydrogen-bond donors (Lipinski definition) is 2. The second-order valence-electron chi connectivity index (χ2n) is 4.63. The Morgan fingerprint density at radius 1 is 1.33 bits per heavy atom. The lowest BCUT2D eigenvalue weighted by Gasteiger charge is -2.29. The molecule has 0 bridgehead atoms. The third kappa shape index (κ3) is 3.29. The first-order chi connectivity index (χ1) is 8.66. The third-order valence-corrected chi connectivity index (χ3v) is 3.98. The quantitative estimate of drug-likeness (QED) is 0.802. The number of amides is 2. The van der Waals surface area contributed by atoms with Crippen LogP contribution in [0.15, 0.2) is 11.6 Å². The van der Waals surface area contributed by atoms with E-state index in [1.54, 1.807) is 11.6 Å². The molecule has 1 aromatic rings. The number of thiazole rings is 1. The van der Waals surface area contributed by atoms with Crippen LogP contribution in [-0.4, -0.2) is 22.8 Å². The predicted molar refractivity (Wildman–Crippen MR) is 70.3 cm³/mol. The van der Waals surface area contributed by atoms with Crippen LogP contribution in [0.2, 0.25) is 0 Å². The molecule has 1 aliphatic rings. The zero-order valence-electron chi connectivity index (χ0n) is 10.3. The van der Waals surface area contributed by atoms with E-state index in [0.29, 0.717) is 11.0 Å². The minimum atomic E-state index is -0.636. The number of hydrogen-bond acceptors (Lipinski definition) is 4. The van der Waals surface area contributed by atoms with Gasteiger partial charge in [-0.1, -0.05) is 19.8 Å². The fourth-order valence-electron chi connectivity index (χ4n) is 2.20. The first-order valence-corrected chi connectivity index (χ1v) is 7.06. The largest absolute Gasteiger partial charge is 0.345 e. The fraction of sp³-hybridized carbons (Fsp3) is 0.583. The van der Waals surface area contributed by atoms with Gasteiger partial charge in [-0.25, -0.2) is 4.98 Å². The average molecular weight is 267 g/mol. The van der Waals surface area contributed by atoms with E-state index in [9.17, 15) is 9.59 Å². The number of carbonyl (C=O) groups excluding carboxylic acids is 2. The topological polar surface area (TPSA) is 71.1 Å². The molecule has 0 aromatic carbocycles. The molecule has 2 amide bonds.